The molecule has 0 aliphatic heterocycles. The highest BCUT2D eigenvalue weighted by Gasteiger charge is 2.19. The SMILES string of the molecule is CCOC(C)CCOC(=O)/C(C#N)=C1\C=C(CCCCOC)CCC1. The zero-order valence-electron chi connectivity index (χ0n) is 15.8. The molecule has 1 aliphatic rings. The van der Waals surface area contributed by atoms with E-state index in [1.807, 2.05) is 26.0 Å². The summed E-state index contributed by atoms with van der Waals surface area (Å²) < 4.78 is 15.7. The lowest BCUT2D eigenvalue weighted by molar-refractivity contribution is -0.139. The summed E-state index contributed by atoms with van der Waals surface area (Å²) in [5.74, 6) is -0.516. The summed E-state index contributed by atoms with van der Waals surface area (Å²) in [4.78, 5) is 12.2. The van der Waals surface area contributed by atoms with Gasteiger partial charge in [0.1, 0.15) is 11.6 Å². The van der Waals surface area contributed by atoms with E-state index in [-0.39, 0.29) is 18.3 Å². The molecule has 1 rings (SSSR count). The number of hydrogen-bond donors (Lipinski definition) is 0. The first kappa shape index (κ1) is 21.4. The summed E-state index contributed by atoms with van der Waals surface area (Å²) in [6.45, 7) is 5.56. The average Bonchev–Trinajstić information content (AvgIpc) is 2.60. The zero-order chi connectivity index (χ0) is 18.5. The van der Waals surface area contributed by atoms with Crippen LogP contribution >= 0.6 is 0 Å². The van der Waals surface area contributed by atoms with Crippen LogP contribution in [0.2, 0.25) is 0 Å². The number of methoxy groups -OCH3 is 1. The number of esters is 1. The van der Waals surface area contributed by atoms with E-state index in [9.17, 15) is 10.1 Å². The van der Waals surface area contributed by atoms with Crippen molar-refractivity contribution in [2.75, 3.05) is 26.9 Å². The van der Waals surface area contributed by atoms with Crippen LogP contribution in [0.4, 0.5) is 0 Å². The van der Waals surface area contributed by atoms with Crippen LogP contribution in [0, 0.1) is 11.3 Å². The summed E-state index contributed by atoms with van der Waals surface area (Å²) in [7, 11) is 1.71. The van der Waals surface area contributed by atoms with Crippen LogP contribution in [0.15, 0.2) is 22.8 Å². The number of nitrogens with zero attached hydrogens (tertiary/aromatic N) is 1. The van der Waals surface area contributed by atoms with E-state index in [1.165, 1.54) is 5.57 Å². The quantitative estimate of drug-likeness (QED) is 0.243. The summed E-state index contributed by atoms with van der Waals surface area (Å²) in [5.41, 5.74) is 2.28. The lowest BCUT2D eigenvalue weighted by atomic mass is 9.90. The molecule has 0 aromatic heterocycles. The number of carbonyl (C=O) groups is 1. The molecule has 0 bridgehead atoms. The Balaban J connectivity index is 2.61. The molecule has 5 nitrogen and oxygen atoms in total. The Kier molecular flexibility index (Phi) is 10.9. The number of rotatable bonds is 11. The van der Waals surface area contributed by atoms with Gasteiger partial charge < -0.3 is 14.2 Å². The monoisotopic (exact) mass is 349 g/mol. The van der Waals surface area contributed by atoms with E-state index in [1.54, 1.807) is 7.11 Å². The molecule has 0 aromatic rings. The second-order valence-corrected chi connectivity index (χ2v) is 6.31. The molecule has 0 spiro atoms. The number of ether oxygens (including phenoxy) is 3. The zero-order valence-corrected chi connectivity index (χ0v) is 15.8. The molecule has 1 unspecified atom stereocenters. The topological polar surface area (TPSA) is 68.5 Å². The Morgan fingerprint density at radius 1 is 1.32 bits per heavy atom. The molecular formula is C20H31NO4. The van der Waals surface area contributed by atoms with Crippen molar-refractivity contribution in [2.45, 2.75) is 64.9 Å². The summed E-state index contributed by atoms with van der Waals surface area (Å²) in [6, 6.07) is 2.04. The molecular weight excluding hydrogens is 318 g/mol. The van der Waals surface area contributed by atoms with Gasteiger partial charge in [0.05, 0.1) is 12.7 Å². The van der Waals surface area contributed by atoms with Crippen LogP contribution in [0.3, 0.4) is 0 Å². The lowest BCUT2D eigenvalue weighted by Gasteiger charge is -2.17. The number of hydrogen-bond acceptors (Lipinski definition) is 5. The fourth-order valence-corrected chi connectivity index (χ4v) is 2.90. The normalized spacial score (nSPS) is 17.4. The highest BCUT2D eigenvalue weighted by Crippen LogP contribution is 2.28. The van der Waals surface area contributed by atoms with Crippen molar-refractivity contribution >= 4 is 5.97 Å². The van der Waals surface area contributed by atoms with Crippen molar-refractivity contribution in [1.29, 1.82) is 5.26 Å². The second kappa shape index (κ2) is 12.7. The maximum Gasteiger partial charge on any atom is 0.349 e. The van der Waals surface area contributed by atoms with Crippen molar-refractivity contribution in [3.05, 3.63) is 22.8 Å². The third-order valence-corrected chi connectivity index (χ3v) is 4.26. The number of carbonyl (C=O) groups excluding carboxylic acids is 1. The molecule has 1 atom stereocenters. The molecule has 0 saturated heterocycles. The molecule has 1 aliphatic carbocycles. The van der Waals surface area contributed by atoms with Crippen LogP contribution in [-0.2, 0) is 19.0 Å². The van der Waals surface area contributed by atoms with Gasteiger partial charge in [-0.3, -0.25) is 0 Å². The smallest absolute Gasteiger partial charge is 0.349 e. The first-order chi connectivity index (χ1) is 12.1. The third-order valence-electron chi connectivity index (χ3n) is 4.26. The lowest BCUT2D eigenvalue weighted by Crippen LogP contribution is -2.16. The third kappa shape index (κ3) is 8.33. The fourth-order valence-electron chi connectivity index (χ4n) is 2.90. The number of allylic oxidation sites excluding steroid dienone is 3. The average molecular weight is 349 g/mol. The molecule has 0 fully saturated rings. The summed E-state index contributed by atoms with van der Waals surface area (Å²) in [6.07, 6.45) is 8.56. The predicted molar refractivity (Wildman–Crippen MR) is 97.0 cm³/mol. The molecule has 0 aromatic carbocycles. The van der Waals surface area contributed by atoms with Gasteiger partial charge >= 0.3 is 5.97 Å². The summed E-state index contributed by atoms with van der Waals surface area (Å²) in [5, 5.41) is 9.39. The maximum absolute atomic E-state index is 12.2. The summed E-state index contributed by atoms with van der Waals surface area (Å²) >= 11 is 0. The highest BCUT2D eigenvalue weighted by atomic mass is 16.5. The van der Waals surface area contributed by atoms with E-state index in [2.05, 4.69) is 0 Å². The molecule has 0 saturated carbocycles. The predicted octanol–water partition coefficient (Wildman–Crippen LogP) is 4.09. The van der Waals surface area contributed by atoms with Crippen molar-refractivity contribution in [1.82, 2.24) is 0 Å². The van der Waals surface area contributed by atoms with Crippen molar-refractivity contribution in [3.63, 3.8) is 0 Å². The van der Waals surface area contributed by atoms with Gasteiger partial charge in [-0.05, 0) is 57.9 Å². The van der Waals surface area contributed by atoms with Gasteiger partial charge in [-0.25, -0.2) is 4.79 Å². The Morgan fingerprint density at radius 2 is 2.12 bits per heavy atom. The second-order valence-electron chi connectivity index (χ2n) is 6.31. The molecule has 25 heavy (non-hydrogen) atoms. The first-order valence-electron chi connectivity index (χ1n) is 9.22. The van der Waals surface area contributed by atoms with Crippen molar-refractivity contribution < 1.29 is 19.0 Å². The number of unbranched alkanes of at least 4 members (excludes halogenated alkanes) is 1. The van der Waals surface area contributed by atoms with Gasteiger partial charge in [-0.2, -0.15) is 5.26 Å². The molecule has 0 radical (unpaired) electrons. The van der Waals surface area contributed by atoms with Crippen molar-refractivity contribution in [2.24, 2.45) is 0 Å². The van der Waals surface area contributed by atoms with Crippen LogP contribution < -0.4 is 0 Å². The van der Waals surface area contributed by atoms with E-state index in [4.69, 9.17) is 14.2 Å². The number of nitriles is 1. The molecule has 140 valence electrons. The Morgan fingerprint density at radius 3 is 2.80 bits per heavy atom. The molecule has 0 heterocycles. The minimum absolute atomic E-state index is 0.0456. The van der Waals surface area contributed by atoms with Gasteiger partial charge in [-0.1, -0.05) is 11.6 Å². The van der Waals surface area contributed by atoms with Crippen LogP contribution in [0.5, 0.6) is 0 Å². The maximum atomic E-state index is 12.2. The van der Waals surface area contributed by atoms with E-state index >= 15 is 0 Å². The van der Waals surface area contributed by atoms with E-state index < -0.39 is 5.97 Å². The molecule has 0 amide bonds. The van der Waals surface area contributed by atoms with Crippen LogP contribution in [-0.4, -0.2) is 39.0 Å². The van der Waals surface area contributed by atoms with Crippen LogP contribution in [0.25, 0.3) is 0 Å². The van der Waals surface area contributed by atoms with Gasteiger partial charge in [-0.15, -0.1) is 0 Å². The minimum atomic E-state index is -0.516. The fraction of sp³-hybridized carbons (Fsp3) is 0.700. The highest BCUT2D eigenvalue weighted by molar-refractivity contribution is 5.94. The Bertz CT molecular complexity index is 516. The molecule has 5 heteroatoms. The van der Waals surface area contributed by atoms with Crippen LogP contribution in [0.1, 0.15) is 58.8 Å². The van der Waals surface area contributed by atoms with Gasteiger partial charge in [0, 0.05) is 26.7 Å². The van der Waals surface area contributed by atoms with E-state index in [0.717, 1.165) is 50.7 Å². The molecule has 0 N–H and O–H groups in total. The Labute approximate surface area is 151 Å². The van der Waals surface area contributed by atoms with Gasteiger partial charge in [0.2, 0.25) is 0 Å². The van der Waals surface area contributed by atoms with Gasteiger partial charge in [0.25, 0.3) is 0 Å². The Hall–Kier alpha value is -1.64. The first-order valence-corrected chi connectivity index (χ1v) is 9.22. The standard InChI is InChI=1S/C20H31NO4/c1-4-24-16(2)11-13-25-20(22)19(15-21)18-10-7-9-17(14-18)8-5-6-12-23-3/h14,16H,4-13H2,1-3H3/b19-18-. The minimum Gasteiger partial charge on any atom is -0.461 e. The van der Waals surface area contributed by atoms with Crippen molar-refractivity contribution in [3.8, 4) is 6.07 Å². The van der Waals surface area contributed by atoms with E-state index in [0.29, 0.717) is 13.0 Å². The largest absolute Gasteiger partial charge is 0.461 e. The van der Waals surface area contributed by atoms with Gasteiger partial charge in [0.15, 0.2) is 0 Å².